The molecule has 7 nitrogen and oxygen atoms in total. The summed E-state index contributed by atoms with van der Waals surface area (Å²) in [6.07, 6.45) is 4.44. The van der Waals surface area contributed by atoms with Crippen LogP contribution in [0.25, 0.3) is 33.6 Å². The molecule has 1 saturated heterocycles. The van der Waals surface area contributed by atoms with Gasteiger partial charge >= 0.3 is 0 Å². The van der Waals surface area contributed by atoms with Crippen LogP contribution in [0.4, 0.5) is 5.82 Å². The minimum absolute atomic E-state index is 0.0991. The SMILES string of the molecule is NC1(c2ccc(-c3oc4nc(CCCO)nc(N5CCOCC5)c4c3-c3ccccc3)cc2)CCC1. The van der Waals surface area contributed by atoms with Crippen LogP contribution >= 0.6 is 0 Å². The van der Waals surface area contributed by atoms with Crippen LogP contribution in [0.3, 0.4) is 0 Å². The number of hydrogen-bond donors (Lipinski definition) is 2. The van der Waals surface area contributed by atoms with E-state index in [0.717, 1.165) is 59.6 Å². The Balaban J connectivity index is 1.55. The van der Waals surface area contributed by atoms with Crippen LogP contribution in [0.5, 0.6) is 0 Å². The first-order chi connectivity index (χ1) is 17.7. The number of ether oxygens (including phenoxy) is 1. The third-order valence-corrected chi connectivity index (χ3v) is 7.48. The topological polar surface area (TPSA) is 97.6 Å². The summed E-state index contributed by atoms with van der Waals surface area (Å²) < 4.78 is 12.2. The summed E-state index contributed by atoms with van der Waals surface area (Å²) in [7, 11) is 0. The highest BCUT2D eigenvalue weighted by Gasteiger charge is 2.34. The molecule has 2 aliphatic rings. The van der Waals surface area contributed by atoms with Crippen LogP contribution in [0.2, 0.25) is 0 Å². The van der Waals surface area contributed by atoms with Crippen molar-refractivity contribution in [3.05, 3.63) is 66.0 Å². The number of anilines is 1. The minimum atomic E-state index is -0.203. The number of nitrogens with two attached hydrogens (primary N) is 1. The lowest BCUT2D eigenvalue weighted by molar-refractivity contribution is 0.122. The second kappa shape index (κ2) is 9.65. The Hall–Kier alpha value is -3.26. The maximum absolute atomic E-state index is 9.39. The first-order valence-corrected chi connectivity index (χ1v) is 12.9. The molecule has 3 N–H and O–H groups in total. The third-order valence-electron chi connectivity index (χ3n) is 7.48. The molecular formula is C29H32N4O3. The second-order valence-corrected chi connectivity index (χ2v) is 9.83. The van der Waals surface area contributed by atoms with E-state index in [4.69, 9.17) is 24.9 Å². The fourth-order valence-corrected chi connectivity index (χ4v) is 5.26. The Kier molecular flexibility index (Phi) is 6.21. The van der Waals surface area contributed by atoms with Gasteiger partial charge in [-0.2, -0.15) is 4.98 Å². The number of benzene rings is 2. The van der Waals surface area contributed by atoms with Crippen molar-refractivity contribution in [1.29, 1.82) is 0 Å². The van der Waals surface area contributed by atoms with E-state index in [1.807, 2.05) is 18.2 Å². The molecule has 0 radical (unpaired) electrons. The van der Waals surface area contributed by atoms with Crippen molar-refractivity contribution >= 4 is 16.9 Å². The molecule has 2 fully saturated rings. The van der Waals surface area contributed by atoms with E-state index in [-0.39, 0.29) is 12.1 Å². The van der Waals surface area contributed by atoms with Gasteiger partial charge in [-0.15, -0.1) is 0 Å². The van der Waals surface area contributed by atoms with Crippen molar-refractivity contribution in [2.45, 2.75) is 37.6 Å². The molecule has 0 spiro atoms. The van der Waals surface area contributed by atoms with Gasteiger partial charge in [0.05, 0.1) is 18.6 Å². The molecule has 36 heavy (non-hydrogen) atoms. The van der Waals surface area contributed by atoms with E-state index in [2.05, 4.69) is 41.3 Å². The Bertz CT molecular complexity index is 1340. The zero-order valence-corrected chi connectivity index (χ0v) is 20.4. The molecule has 6 rings (SSSR count). The number of aryl methyl sites for hydroxylation is 1. The van der Waals surface area contributed by atoms with Crippen molar-refractivity contribution < 1.29 is 14.3 Å². The number of furan rings is 1. The van der Waals surface area contributed by atoms with Gasteiger partial charge in [-0.1, -0.05) is 54.6 Å². The van der Waals surface area contributed by atoms with Crippen molar-refractivity contribution in [3.8, 4) is 22.5 Å². The summed E-state index contributed by atoms with van der Waals surface area (Å²) in [5, 5.41) is 10.3. The molecular weight excluding hydrogens is 452 g/mol. The third kappa shape index (κ3) is 4.17. The molecule has 0 bridgehead atoms. The van der Waals surface area contributed by atoms with E-state index in [0.29, 0.717) is 37.6 Å². The molecule has 0 unspecified atom stereocenters. The van der Waals surface area contributed by atoms with Gasteiger partial charge in [0, 0.05) is 42.8 Å². The van der Waals surface area contributed by atoms with Crippen LogP contribution in [-0.2, 0) is 16.7 Å². The zero-order valence-electron chi connectivity index (χ0n) is 20.4. The number of aliphatic hydroxyl groups is 1. The van der Waals surface area contributed by atoms with Crippen LogP contribution in [0.15, 0.2) is 59.0 Å². The molecule has 0 amide bonds. The van der Waals surface area contributed by atoms with Gasteiger partial charge in [-0.25, -0.2) is 4.98 Å². The highest BCUT2D eigenvalue weighted by molar-refractivity contribution is 6.06. The number of aromatic nitrogens is 2. The standard InChI is InChI=1S/C29H32N4O3/c30-29(13-5-14-29)22-11-9-21(10-12-22)26-24(20-6-2-1-3-7-20)25-27(33-15-18-35-19-16-33)31-23(8-4-17-34)32-28(25)36-26/h1-3,6-7,9-12,34H,4-5,8,13-19,30H2. The number of fused-ring (bicyclic) bond motifs is 1. The maximum Gasteiger partial charge on any atom is 0.232 e. The maximum atomic E-state index is 9.39. The Labute approximate surface area is 210 Å². The van der Waals surface area contributed by atoms with Gasteiger partial charge in [0.15, 0.2) is 0 Å². The summed E-state index contributed by atoms with van der Waals surface area (Å²) in [5.74, 6) is 2.34. The lowest BCUT2D eigenvalue weighted by atomic mass is 9.72. The Morgan fingerprint density at radius 2 is 1.69 bits per heavy atom. The summed E-state index contributed by atoms with van der Waals surface area (Å²) in [5.41, 5.74) is 11.2. The van der Waals surface area contributed by atoms with Gasteiger partial charge in [-0.05, 0) is 36.8 Å². The highest BCUT2D eigenvalue weighted by Crippen LogP contribution is 2.45. The van der Waals surface area contributed by atoms with Gasteiger partial charge in [0.2, 0.25) is 5.71 Å². The monoisotopic (exact) mass is 484 g/mol. The average molecular weight is 485 g/mol. The largest absolute Gasteiger partial charge is 0.437 e. The van der Waals surface area contributed by atoms with Gasteiger partial charge < -0.3 is 24.9 Å². The average Bonchev–Trinajstić information content (AvgIpc) is 3.30. The quantitative estimate of drug-likeness (QED) is 0.394. The molecule has 2 aromatic carbocycles. The van der Waals surface area contributed by atoms with E-state index in [9.17, 15) is 5.11 Å². The summed E-state index contributed by atoms with van der Waals surface area (Å²) in [6, 6.07) is 18.8. The number of nitrogens with zero attached hydrogens (tertiary/aromatic N) is 3. The molecule has 4 aromatic rings. The lowest BCUT2D eigenvalue weighted by Gasteiger charge is -2.38. The highest BCUT2D eigenvalue weighted by atomic mass is 16.5. The normalized spacial score (nSPS) is 17.3. The number of aliphatic hydroxyl groups excluding tert-OH is 1. The van der Waals surface area contributed by atoms with Gasteiger partial charge in [0.1, 0.15) is 17.4 Å². The van der Waals surface area contributed by atoms with Gasteiger partial charge in [-0.3, -0.25) is 0 Å². The number of rotatable bonds is 7. The van der Waals surface area contributed by atoms with Gasteiger partial charge in [0.25, 0.3) is 0 Å². The molecule has 186 valence electrons. The Morgan fingerprint density at radius 3 is 2.36 bits per heavy atom. The molecule has 0 atom stereocenters. The van der Waals surface area contributed by atoms with Crippen molar-refractivity contribution in [3.63, 3.8) is 0 Å². The second-order valence-electron chi connectivity index (χ2n) is 9.83. The zero-order chi connectivity index (χ0) is 24.5. The molecule has 2 aromatic heterocycles. The van der Waals surface area contributed by atoms with Crippen molar-refractivity contribution in [1.82, 2.24) is 9.97 Å². The van der Waals surface area contributed by atoms with Crippen LogP contribution in [-0.4, -0.2) is 48.0 Å². The molecule has 1 aliphatic heterocycles. The summed E-state index contributed by atoms with van der Waals surface area (Å²) in [4.78, 5) is 12.1. The number of hydrogen-bond acceptors (Lipinski definition) is 7. The summed E-state index contributed by atoms with van der Waals surface area (Å²) >= 11 is 0. The molecule has 1 aliphatic carbocycles. The first-order valence-electron chi connectivity index (χ1n) is 12.9. The molecule has 7 heteroatoms. The fourth-order valence-electron chi connectivity index (χ4n) is 5.26. The number of morpholine rings is 1. The van der Waals surface area contributed by atoms with E-state index in [1.54, 1.807) is 0 Å². The van der Waals surface area contributed by atoms with Crippen LogP contribution in [0.1, 0.15) is 37.1 Å². The van der Waals surface area contributed by atoms with E-state index >= 15 is 0 Å². The minimum Gasteiger partial charge on any atom is -0.437 e. The van der Waals surface area contributed by atoms with Crippen LogP contribution in [0, 0.1) is 0 Å². The Morgan fingerprint density at radius 1 is 0.944 bits per heavy atom. The predicted molar refractivity (Wildman–Crippen MR) is 141 cm³/mol. The summed E-state index contributed by atoms with van der Waals surface area (Å²) in [6.45, 7) is 2.93. The van der Waals surface area contributed by atoms with Crippen molar-refractivity contribution in [2.24, 2.45) is 5.73 Å². The predicted octanol–water partition coefficient (Wildman–Crippen LogP) is 4.66. The van der Waals surface area contributed by atoms with Crippen LogP contribution < -0.4 is 10.6 Å². The molecule has 1 saturated carbocycles. The first kappa shape index (κ1) is 23.2. The molecule has 3 heterocycles. The fraction of sp³-hybridized carbons (Fsp3) is 0.379. The lowest BCUT2D eigenvalue weighted by Crippen LogP contribution is -2.43. The van der Waals surface area contributed by atoms with E-state index in [1.165, 1.54) is 12.0 Å². The smallest absolute Gasteiger partial charge is 0.232 e. The van der Waals surface area contributed by atoms with Crippen molar-refractivity contribution in [2.75, 3.05) is 37.8 Å². The van der Waals surface area contributed by atoms with E-state index < -0.39 is 0 Å².